The summed E-state index contributed by atoms with van der Waals surface area (Å²) in [5.41, 5.74) is 7.40. The molecule has 0 aliphatic rings. The number of furan rings is 2. The number of rotatable bonds is 11. The van der Waals surface area contributed by atoms with Gasteiger partial charge in [0.15, 0.2) is 5.78 Å². The predicted molar refractivity (Wildman–Crippen MR) is 221 cm³/mol. The monoisotopic (exact) mass is 905 g/mol. The number of carbonyl (C=O) groups excluding carboxylic acids is 1. The Morgan fingerprint density at radius 2 is 1.43 bits per heavy atom. The standard InChI is InChI=1S/C33H30NO2.C15H28O2.Ir/c1-20(2)16-22-10-11-26(31-25(22)12-14-35-31)28-19-30(34-32-27(28)13-15-36-32)23-17-21-8-6-7-9-24(21)29(18-23)33(3,4)5;1-7-14(5,8-2)12(16)11-13(17)15(6,9-3)10-4;/h6-15,18-20H,16H2,1-5H3;11,16H,7-10H2,1-6H3;/q-1;;/b;12-11-;. The Labute approximate surface area is 336 Å². The second-order valence-corrected chi connectivity index (χ2v) is 16.5. The van der Waals surface area contributed by atoms with Crippen molar-refractivity contribution in [3.05, 3.63) is 102 Å². The molecular weight excluding hydrogens is 847 g/mol. The van der Waals surface area contributed by atoms with Crippen LogP contribution in [-0.2, 0) is 36.7 Å². The van der Waals surface area contributed by atoms with Crippen molar-refractivity contribution in [1.29, 1.82) is 0 Å². The summed E-state index contributed by atoms with van der Waals surface area (Å²) in [7, 11) is 0. The molecule has 0 spiro atoms. The van der Waals surface area contributed by atoms with Crippen LogP contribution in [0.1, 0.15) is 113 Å². The summed E-state index contributed by atoms with van der Waals surface area (Å²) in [5.74, 6) is 0.858. The maximum atomic E-state index is 12.2. The number of nitrogens with zero attached hydrogens (tertiary/aromatic N) is 1. The van der Waals surface area contributed by atoms with Crippen molar-refractivity contribution in [2.24, 2.45) is 16.7 Å². The third-order valence-electron chi connectivity index (χ3n) is 11.5. The summed E-state index contributed by atoms with van der Waals surface area (Å²) in [4.78, 5) is 17.1. The number of carbonyl (C=O) groups is 1. The van der Waals surface area contributed by atoms with E-state index < -0.39 is 0 Å². The Balaban J connectivity index is 0.000000309. The van der Waals surface area contributed by atoms with Gasteiger partial charge in [-0.3, -0.25) is 9.78 Å². The third kappa shape index (κ3) is 8.77. The van der Waals surface area contributed by atoms with Gasteiger partial charge in [0, 0.05) is 59.0 Å². The Bertz CT molecular complexity index is 2240. The quantitative estimate of drug-likeness (QED) is 0.0796. The van der Waals surface area contributed by atoms with Gasteiger partial charge in [0.25, 0.3) is 0 Å². The molecule has 3 aromatic carbocycles. The number of fused-ring (bicyclic) bond motifs is 3. The van der Waals surface area contributed by atoms with Gasteiger partial charge in [-0.05, 0) is 66.7 Å². The van der Waals surface area contributed by atoms with E-state index in [2.05, 4.69) is 95.3 Å². The molecule has 54 heavy (non-hydrogen) atoms. The largest absolute Gasteiger partial charge is 0.512 e. The van der Waals surface area contributed by atoms with Crippen LogP contribution in [0.25, 0.3) is 55.2 Å². The number of aliphatic hydroxyl groups is 1. The van der Waals surface area contributed by atoms with Gasteiger partial charge in [0.05, 0.1) is 12.5 Å². The normalized spacial score (nSPS) is 12.6. The fourth-order valence-electron chi connectivity index (χ4n) is 6.93. The summed E-state index contributed by atoms with van der Waals surface area (Å²) < 4.78 is 11.9. The molecule has 3 heterocycles. The van der Waals surface area contributed by atoms with Gasteiger partial charge < -0.3 is 13.9 Å². The molecule has 0 fully saturated rings. The molecule has 6 rings (SSSR count). The van der Waals surface area contributed by atoms with E-state index >= 15 is 0 Å². The minimum absolute atomic E-state index is 0. The molecular formula is C48H58IrNO4-. The maximum absolute atomic E-state index is 12.2. The number of pyridine rings is 1. The predicted octanol–water partition coefficient (Wildman–Crippen LogP) is 14.0. The summed E-state index contributed by atoms with van der Waals surface area (Å²) in [6.07, 6.45) is 9.27. The molecule has 0 saturated carbocycles. The topological polar surface area (TPSA) is 76.5 Å². The second kappa shape index (κ2) is 17.2. The number of ketones is 1. The first kappa shape index (κ1) is 42.7. The van der Waals surface area contributed by atoms with E-state index in [1.165, 1.54) is 28.0 Å². The zero-order chi connectivity index (χ0) is 38.7. The fraction of sp³-hybridized carbons (Fsp3) is 0.417. The van der Waals surface area contributed by atoms with Crippen LogP contribution in [0.3, 0.4) is 0 Å². The molecule has 6 heteroatoms. The van der Waals surface area contributed by atoms with Crippen molar-refractivity contribution in [3.63, 3.8) is 0 Å². The van der Waals surface area contributed by atoms with Crippen LogP contribution in [0.15, 0.2) is 93.9 Å². The number of hydrogen-bond acceptors (Lipinski definition) is 5. The zero-order valence-electron chi connectivity index (χ0n) is 34.1. The summed E-state index contributed by atoms with van der Waals surface area (Å²) in [6, 6.07) is 25.0. The van der Waals surface area contributed by atoms with E-state index in [0.717, 1.165) is 70.8 Å². The molecule has 0 aliphatic carbocycles. The molecule has 0 aliphatic heterocycles. The Morgan fingerprint density at radius 3 is 2.06 bits per heavy atom. The first-order valence-electron chi connectivity index (χ1n) is 19.4. The van der Waals surface area contributed by atoms with Crippen molar-refractivity contribution < 1.29 is 38.8 Å². The van der Waals surface area contributed by atoms with Crippen LogP contribution in [0.4, 0.5) is 0 Å². The Morgan fingerprint density at radius 1 is 0.796 bits per heavy atom. The van der Waals surface area contributed by atoms with E-state index in [1.54, 1.807) is 12.5 Å². The number of hydrogen-bond donors (Lipinski definition) is 1. The van der Waals surface area contributed by atoms with E-state index in [9.17, 15) is 9.90 Å². The molecule has 0 atom stereocenters. The molecule has 1 radical (unpaired) electrons. The van der Waals surface area contributed by atoms with Crippen LogP contribution < -0.4 is 0 Å². The molecule has 0 bridgehead atoms. The number of allylic oxidation sites excluding steroid dienone is 2. The van der Waals surface area contributed by atoms with Crippen molar-refractivity contribution in [1.82, 2.24) is 4.98 Å². The average molecular weight is 905 g/mol. The Hall–Kier alpha value is -3.99. The van der Waals surface area contributed by atoms with Gasteiger partial charge in [0.1, 0.15) is 11.3 Å². The summed E-state index contributed by atoms with van der Waals surface area (Å²) in [5, 5.41) is 14.6. The van der Waals surface area contributed by atoms with E-state index in [4.69, 9.17) is 13.8 Å². The molecule has 1 N–H and O–H groups in total. The minimum atomic E-state index is -0.337. The van der Waals surface area contributed by atoms with Crippen LogP contribution in [0.5, 0.6) is 0 Å². The summed E-state index contributed by atoms with van der Waals surface area (Å²) >= 11 is 0. The van der Waals surface area contributed by atoms with Gasteiger partial charge in [-0.1, -0.05) is 124 Å². The molecule has 5 nitrogen and oxygen atoms in total. The molecule has 6 aromatic rings. The first-order valence-corrected chi connectivity index (χ1v) is 19.4. The molecule has 0 amide bonds. The fourth-order valence-corrected chi connectivity index (χ4v) is 6.93. The molecule has 289 valence electrons. The number of benzene rings is 3. The van der Waals surface area contributed by atoms with Gasteiger partial charge in [0.2, 0.25) is 5.71 Å². The van der Waals surface area contributed by atoms with E-state index in [-0.39, 0.29) is 47.9 Å². The zero-order valence-corrected chi connectivity index (χ0v) is 36.5. The van der Waals surface area contributed by atoms with Gasteiger partial charge in [-0.2, -0.15) is 0 Å². The smallest absolute Gasteiger partial charge is 0.219 e. The molecule has 0 saturated heterocycles. The van der Waals surface area contributed by atoms with Crippen molar-refractivity contribution in [3.8, 4) is 22.4 Å². The van der Waals surface area contributed by atoms with Crippen LogP contribution in [0.2, 0.25) is 0 Å². The minimum Gasteiger partial charge on any atom is -0.512 e. The van der Waals surface area contributed by atoms with Gasteiger partial charge in [-0.25, -0.2) is 0 Å². The average Bonchev–Trinajstić information content (AvgIpc) is 3.84. The summed E-state index contributed by atoms with van der Waals surface area (Å²) in [6.45, 7) is 23.3. The van der Waals surface area contributed by atoms with E-state index in [1.807, 2.05) is 47.6 Å². The van der Waals surface area contributed by atoms with Crippen molar-refractivity contribution in [2.75, 3.05) is 0 Å². The molecule has 0 unspecified atom stereocenters. The van der Waals surface area contributed by atoms with Crippen molar-refractivity contribution in [2.45, 2.75) is 114 Å². The Kier molecular flexibility index (Phi) is 13.6. The van der Waals surface area contributed by atoms with Crippen LogP contribution in [-0.4, -0.2) is 15.9 Å². The van der Waals surface area contributed by atoms with Gasteiger partial charge in [-0.15, -0.1) is 29.1 Å². The third-order valence-corrected chi connectivity index (χ3v) is 11.5. The second-order valence-electron chi connectivity index (χ2n) is 16.5. The number of aliphatic hydroxyl groups excluding tert-OH is 1. The van der Waals surface area contributed by atoms with Crippen LogP contribution in [0, 0.1) is 22.8 Å². The first-order chi connectivity index (χ1) is 25.1. The molecule has 3 aromatic heterocycles. The van der Waals surface area contributed by atoms with Crippen LogP contribution >= 0.6 is 0 Å². The maximum Gasteiger partial charge on any atom is 0.219 e. The van der Waals surface area contributed by atoms with Gasteiger partial charge >= 0.3 is 0 Å². The number of aromatic nitrogens is 1. The van der Waals surface area contributed by atoms with E-state index in [0.29, 0.717) is 11.6 Å². The SMILES string of the molecule is CC(C)Cc1ccc(-c2cc(-c3[c-]c4ccccc4c(C(C)(C)C)c3)nc3occc23)c2occc12.CCC(C)(CC)C(=O)/C=C(\O)C(C)(CC)CC.[Ir]. The van der Waals surface area contributed by atoms with Crippen molar-refractivity contribution >= 4 is 38.6 Å².